The number of benzene rings is 2. The van der Waals surface area contributed by atoms with Crippen LogP contribution in [0.25, 0.3) is 17.0 Å². The summed E-state index contributed by atoms with van der Waals surface area (Å²) >= 11 is 3.30. The van der Waals surface area contributed by atoms with Crippen molar-refractivity contribution in [2.45, 2.75) is 11.7 Å². The first-order valence-corrected chi connectivity index (χ1v) is 11.6. The number of fused-ring (bicyclic) bond motifs is 1. The molecule has 2 aromatic carbocycles. The van der Waals surface area contributed by atoms with Crippen molar-refractivity contribution >= 4 is 40.1 Å². The van der Waals surface area contributed by atoms with Crippen LogP contribution < -0.4 is 15.0 Å². The maximum Gasteiger partial charge on any atom is 0.170 e. The Balaban J connectivity index is 1.72. The van der Waals surface area contributed by atoms with E-state index >= 15 is 0 Å². The lowest BCUT2D eigenvalue weighted by molar-refractivity contribution is 0.355. The molecule has 0 radical (unpaired) electrons. The lowest BCUT2D eigenvalue weighted by Gasteiger charge is -2.15. The molecule has 2 aromatic heterocycles. The average molecular weight is 450 g/mol. The smallest absolute Gasteiger partial charge is 0.170 e. The quantitative estimate of drug-likeness (QED) is 0.287. The topological polar surface area (TPSA) is 60.1 Å². The van der Waals surface area contributed by atoms with E-state index in [1.54, 1.807) is 37.3 Å². The molecule has 0 saturated heterocycles. The lowest BCUT2D eigenvalue weighted by Crippen LogP contribution is -2.24. The normalized spacial score (nSPS) is 11.3. The zero-order chi connectivity index (χ0) is 21.6. The maximum atomic E-state index is 8.90. The van der Waals surface area contributed by atoms with Crippen LogP contribution in [0, 0.1) is 5.41 Å². The van der Waals surface area contributed by atoms with Crippen molar-refractivity contribution < 1.29 is 9.47 Å². The SMILES string of the molecule is COc1cc2nc(SCC=Cc3ccccc3)n(Cc3cccs3)c(=N)c2cc1OC. The third-order valence-corrected chi connectivity index (χ3v) is 6.58. The van der Waals surface area contributed by atoms with Gasteiger partial charge in [-0.3, -0.25) is 5.41 Å². The monoisotopic (exact) mass is 449 g/mol. The fraction of sp³-hybridized carbons (Fsp3) is 0.167. The Labute approximate surface area is 189 Å². The number of nitrogens with zero attached hydrogens (tertiary/aromatic N) is 2. The first-order valence-electron chi connectivity index (χ1n) is 9.77. The molecular weight excluding hydrogens is 426 g/mol. The fourth-order valence-electron chi connectivity index (χ4n) is 3.24. The Morgan fingerprint density at radius 1 is 1.06 bits per heavy atom. The summed E-state index contributed by atoms with van der Waals surface area (Å²) in [5.41, 5.74) is 2.30. The van der Waals surface area contributed by atoms with E-state index in [1.165, 1.54) is 10.4 Å². The molecule has 2 heterocycles. The number of ether oxygens (including phenoxy) is 2. The van der Waals surface area contributed by atoms with E-state index in [0.717, 1.165) is 21.8 Å². The van der Waals surface area contributed by atoms with Gasteiger partial charge in [0.1, 0.15) is 5.49 Å². The Morgan fingerprint density at radius 2 is 1.84 bits per heavy atom. The van der Waals surface area contributed by atoms with Crippen molar-refractivity contribution in [1.29, 1.82) is 5.41 Å². The van der Waals surface area contributed by atoms with E-state index in [1.807, 2.05) is 41.0 Å². The largest absolute Gasteiger partial charge is 0.493 e. The van der Waals surface area contributed by atoms with Gasteiger partial charge in [0.2, 0.25) is 0 Å². The van der Waals surface area contributed by atoms with Gasteiger partial charge in [0.15, 0.2) is 16.7 Å². The van der Waals surface area contributed by atoms with Gasteiger partial charge in [-0.15, -0.1) is 11.3 Å². The van der Waals surface area contributed by atoms with Gasteiger partial charge < -0.3 is 14.0 Å². The van der Waals surface area contributed by atoms with Gasteiger partial charge >= 0.3 is 0 Å². The molecule has 5 nitrogen and oxygen atoms in total. The van der Waals surface area contributed by atoms with Gasteiger partial charge in [0.05, 0.1) is 26.3 Å². The highest BCUT2D eigenvalue weighted by Crippen LogP contribution is 2.31. The van der Waals surface area contributed by atoms with Crippen molar-refractivity contribution in [1.82, 2.24) is 9.55 Å². The molecule has 0 aliphatic carbocycles. The summed E-state index contributed by atoms with van der Waals surface area (Å²) in [5.74, 6) is 1.96. The third-order valence-electron chi connectivity index (χ3n) is 4.79. The third kappa shape index (κ3) is 4.84. The van der Waals surface area contributed by atoms with Gasteiger partial charge in [-0.2, -0.15) is 0 Å². The molecule has 1 N–H and O–H groups in total. The van der Waals surface area contributed by atoms with Crippen molar-refractivity contribution in [3.8, 4) is 11.5 Å². The highest BCUT2D eigenvalue weighted by Gasteiger charge is 2.14. The fourth-order valence-corrected chi connectivity index (χ4v) is 4.75. The van der Waals surface area contributed by atoms with Crippen LogP contribution >= 0.6 is 23.1 Å². The summed E-state index contributed by atoms with van der Waals surface area (Å²) in [6, 6.07) is 18.0. The van der Waals surface area contributed by atoms with E-state index in [0.29, 0.717) is 23.5 Å². The molecule has 4 aromatic rings. The number of thioether (sulfide) groups is 1. The second-order valence-electron chi connectivity index (χ2n) is 6.76. The summed E-state index contributed by atoms with van der Waals surface area (Å²) < 4.78 is 12.8. The minimum atomic E-state index is 0.411. The van der Waals surface area contributed by atoms with Gasteiger partial charge in [-0.25, -0.2) is 4.98 Å². The number of hydrogen-bond acceptors (Lipinski definition) is 6. The maximum absolute atomic E-state index is 8.90. The van der Waals surface area contributed by atoms with Crippen LogP contribution in [0.4, 0.5) is 0 Å². The van der Waals surface area contributed by atoms with Crippen LogP contribution in [-0.2, 0) is 6.54 Å². The summed E-state index contributed by atoms with van der Waals surface area (Å²) in [7, 11) is 3.21. The minimum Gasteiger partial charge on any atom is -0.493 e. The van der Waals surface area contributed by atoms with E-state index in [9.17, 15) is 0 Å². The van der Waals surface area contributed by atoms with Crippen molar-refractivity contribution in [2.75, 3.05) is 20.0 Å². The second kappa shape index (κ2) is 9.85. The minimum absolute atomic E-state index is 0.411. The molecule has 0 unspecified atom stereocenters. The number of rotatable bonds is 8. The zero-order valence-electron chi connectivity index (χ0n) is 17.4. The van der Waals surface area contributed by atoms with E-state index in [4.69, 9.17) is 19.9 Å². The Hall–Kier alpha value is -3.03. The molecule has 0 atom stereocenters. The molecule has 0 aliphatic rings. The van der Waals surface area contributed by atoms with Crippen molar-refractivity contribution in [3.63, 3.8) is 0 Å². The summed E-state index contributed by atoms with van der Waals surface area (Å²) in [6.07, 6.45) is 4.23. The molecule has 31 heavy (non-hydrogen) atoms. The highest BCUT2D eigenvalue weighted by atomic mass is 32.2. The van der Waals surface area contributed by atoms with Crippen LogP contribution in [-0.4, -0.2) is 29.5 Å². The molecule has 158 valence electrons. The van der Waals surface area contributed by atoms with Crippen LogP contribution in [0.1, 0.15) is 10.4 Å². The first-order chi connectivity index (χ1) is 15.2. The Morgan fingerprint density at radius 3 is 2.55 bits per heavy atom. The summed E-state index contributed by atoms with van der Waals surface area (Å²) in [5, 5.41) is 12.5. The predicted molar refractivity (Wildman–Crippen MR) is 128 cm³/mol. The molecule has 0 saturated carbocycles. The highest BCUT2D eigenvalue weighted by molar-refractivity contribution is 7.99. The van der Waals surface area contributed by atoms with Gasteiger partial charge in [0.25, 0.3) is 0 Å². The Kier molecular flexibility index (Phi) is 6.74. The molecule has 0 amide bonds. The molecular formula is C24H23N3O2S2. The van der Waals surface area contributed by atoms with Gasteiger partial charge in [0, 0.05) is 22.1 Å². The number of hydrogen-bond donors (Lipinski definition) is 1. The standard InChI is InChI=1S/C24H23N3O2S2/c1-28-21-14-19-20(15-22(21)29-2)26-24(27(23(19)25)16-18-11-7-12-30-18)31-13-6-10-17-8-4-3-5-9-17/h3-12,14-15,25H,13,16H2,1-2H3. The first kappa shape index (κ1) is 21.2. The lowest BCUT2D eigenvalue weighted by atomic mass is 10.2. The van der Waals surface area contributed by atoms with Gasteiger partial charge in [-0.05, 0) is 23.1 Å². The molecule has 7 heteroatoms. The molecule has 0 fully saturated rings. The van der Waals surface area contributed by atoms with Crippen LogP contribution in [0.2, 0.25) is 0 Å². The van der Waals surface area contributed by atoms with Crippen LogP contribution in [0.3, 0.4) is 0 Å². The second-order valence-corrected chi connectivity index (χ2v) is 8.78. The molecule has 0 spiro atoms. The van der Waals surface area contributed by atoms with Gasteiger partial charge in [-0.1, -0.05) is 60.3 Å². The van der Waals surface area contributed by atoms with E-state index in [2.05, 4.69) is 35.7 Å². The number of aromatic nitrogens is 2. The van der Waals surface area contributed by atoms with Crippen molar-refractivity contribution in [3.05, 3.63) is 82.0 Å². The Bertz CT molecular complexity index is 1250. The van der Waals surface area contributed by atoms with E-state index < -0.39 is 0 Å². The number of methoxy groups -OCH3 is 2. The van der Waals surface area contributed by atoms with E-state index in [-0.39, 0.29) is 0 Å². The average Bonchev–Trinajstić information content (AvgIpc) is 3.32. The summed E-state index contributed by atoms with van der Waals surface area (Å²) in [6.45, 7) is 0.610. The number of thiophene rings is 1. The molecule has 4 rings (SSSR count). The van der Waals surface area contributed by atoms with Crippen LogP contribution in [0.5, 0.6) is 11.5 Å². The molecule has 0 bridgehead atoms. The molecule has 0 aliphatic heterocycles. The van der Waals surface area contributed by atoms with Crippen LogP contribution in [0.15, 0.2) is 71.2 Å². The number of nitrogens with one attached hydrogen (secondary N) is 1. The van der Waals surface area contributed by atoms with Crippen molar-refractivity contribution in [2.24, 2.45) is 0 Å². The zero-order valence-corrected chi connectivity index (χ0v) is 19.0. The predicted octanol–water partition coefficient (Wildman–Crippen LogP) is 5.45. The summed E-state index contributed by atoms with van der Waals surface area (Å²) in [4.78, 5) is 6.07.